The second-order valence-corrected chi connectivity index (χ2v) is 4.63. The average Bonchev–Trinajstić information content (AvgIpc) is 2.30. The third-order valence-electron chi connectivity index (χ3n) is 3.43. The maximum Gasteiger partial charge on any atom is 0.227 e. The highest BCUT2D eigenvalue weighted by Gasteiger charge is 2.29. The van der Waals surface area contributed by atoms with Gasteiger partial charge in [0.05, 0.1) is 5.92 Å². The fourth-order valence-electron chi connectivity index (χ4n) is 2.47. The Morgan fingerprint density at radius 1 is 1.27 bits per heavy atom. The number of piperidine rings is 1. The van der Waals surface area contributed by atoms with Gasteiger partial charge in [-0.2, -0.15) is 0 Å². The molecule has 0 bridgehead atoms. The minimum atomic E-state index is 0.222. The van der Waals surface area contributed by atoms with Gasteiger partial charge in [-0.05, 0) is 26.3 Å². The number of hydrogen-bond donors (Lipinski definition) is 2. The number of amides is 1. The van der Waals surface area contributed by atoms with Gasteiger partial charge in [0.1, 0.15) is 0 Å². The maximum atomic E-state index is 12.2. The molecule has 4 nitrogen and oxygen atoms in total. The zero-order valence-corrected chi connectivity index (χ0v) is 9.46. The lowest BCUT2D eigenvalue weighted by atomic mass is 9.97. The summed E-state index contributed by atoms with van der Waals surface area (Å²) in [6, 6.07) is 0.355. The summed E-state index contributed by atoms with van der Waals surface area (Å²) in [7, 11) is 0. The molecule has 4 heteroatoms. The first-order valence-corrected chi connectivity index (χ1v) is 6.01. The number of carbonyl (C=O) groups is 1. The highest BCUT2D eigenvalue weighted by molar-refractivity contribution is 5.79. The smallest absolute Gasteiger partial charge is 0.227 e. The maximum absolute atomic E-state index is 12.2. The Balaban J connectivity index is 1.92. The summed E-state index contributed by atoms with van der Waals surface area (Å²) in [4.78, 5) is 14.3. The van der Waals surface area contributed by atoms with Gasteiger partial charge < -0.3 is 15.5 Å². The van der Waals surface area contributed by atoms with Crippen LogP contribution >= 0.6 is 0 Å². The SMILES string of the molecule is C[C@H]1CNCCN1C(=O)[C@@H]1CCCNC1. The van der Waals surface area contributed by atoms with E-state index < -0.39 is 0 Å². The lowest BCUT2D eigenvalue weighted by Crippen LogP contribution is -2.55. The molecule has 0 aliphatic carbocycles. The Labute approximate surface area is 91.4 Å². The van der Waals surface area contributed by atoms with Gasteiger partial charge in [0.25, 0.3) is 0 Å². The van der Waals surface area contributed by atoms with Gasteiger partial charge in [-0.15, -0.1) is 0 Å². The molecule has 2 aliphatic rings. The Bertz CT molecular complexity index is 226. The monoisotopic (exact) mass is 211 g/mol. The van der Waals surface area contributed by atoms with Crippen molar-refractivity contribution in [1.82, 2.24) is 15.5 Å². The van der Waals surface area contributed by atoms with Gasteiger partial charge in [-0.3, -0.25) is 4.79 Å². The summed E-state index contributed by atoms with van der Waals surface area (Å²) in [5, 5.41) is 6.62. The first kappa shape index (κ1) is 10.9. The molecule has 0 radical (unpaired) electrons. The van der Waals surface area contributed by atoms with Gasteiger partial charge in [0.15, 0.2) is 0 Å². The van der Waals surface area contributed by atoms with E-state index in [1.54, 1.807) is 0 Å². The van der Waals surface area contributed by atoms with Crippen molar-refractivity contribution in [2.24, 2.45) is 5.92 Å². The molecule has 15 heavy (non-hydrogen) atoms. The summed E-state index contributed by atoms with van der Waals surface area (Å²) in [5.41, 5.74) is 0. The molecule has 2 rings (SSSR count). The van der Waals surface area contributed by atoms with Crippen molar-refractivity contribution >= 4 is 5.91 Å². The Kier molecular flexibility index (Phi) is 3.59. The molecule has 2 atom stereocenters. The molecule has 2 saturated heterocycles. The summed E-state index contributed by atoms with van der Waals surface area (Å²) in [6.07, 6.45) is 2.19. The van der Waals surface area contributed by atoms with Crippen molar-refractivity contribution in [2.45, 2.75) is 25.8 Å². The van der Waals surface area contributed by atoms with Crippen LogP contribution < -0.4 is 10.6 Å². The fourth-order valence-corrected chi connectivity index (χ4v) is 2.47. The van der Waals surface area contributed by atoms with Crippen molar-refractivity contribution in [3.8, 4) is 0 Å². The van der Waals surface area contributed by atoms with Crippen LogP contribution in [0.1, 0.15) is 19.8 Å². The highest BCUT2D eigenvalue weighted by atomic mass is 16.2. The largest absolute Gasteiger partial charge is 0.337 e. The molecule has 0 spiro atoms. The Morgan fingerprint density at radius 3 is 2.73 bits per heavy atom. The quantitative estimate of drug-likeness (QED) is 0.632. The molecule has 2 fully saturated rings. The molecule has 2 aliphatic heterocycles. The molecule has 0 aromatic rings. The van der Waals surface area contributed by atoms with Crippen molar-refractivity contribution < 1.29 is 4.79 Å². The molecule has 0 aromatic carbocycles. The predicted molar refractivity (Wildman–Crippen MR) is 59.6 cm³/mol. The van der Waals surface area contributed by atoms with Crippen LogP contribution in [0.4, 0.5) is 0 Å². The van der Waals surface area contributed by atoms with Crippen molar-refractivity contribution in [3.05, 3.63) is 0 Å². The number of piperazine rings is 1. The van der Waals surface area contributed by atoms with E-state index in [4.69, 9.17) is 0 Å². The normalized spacial score (nSPS) is 32.7. The van der Waals surface area contributed by atoms with E-state index in [9.17, 15) is 4.79 Å². The number of rotatable bonds is 1. The van der Waals surface area contributed by atoms with Gasteiger partial charge in [0.2, 0.25) is 5.91 Å². The summed E-state index contributed by atoms with van der Waals surface area (Å²) < 4.78 is 0. The second kappa shape index (κ2) is 4.94. The van der Waals surface area contributed by atoms with Crippen LogP contribution in [0.25, 0.3) is 0 Å². The molecule has 2 N–H and O–H groups in total. The van der Waals surface area contributed by atoms with Gasteiger partial charge in [0, 0.05) is 32.2 Å². The predicted octanol–water partition coefficient (Wildman–Crippen LogP) is -0.194. The number of nitrogens with zero attached hydrogens (tertiary/aromatic N) is 1. The Hall–Kier alpha value is -0.610. The van der Waals surface area contributed by atoms with Crippen LogP contribution in [0.5, 0.6) is 0 Å². The van der Waals surface area contributed by atoms with Crippen LogP contribution in [-0.4, -0.2) is 49.6 Å². The topological polar surface area (TPSA) is 44.4 Å². The molecular weight excluding hydrogens is 190 g/mol. The number of carbonyl (C=O) groups excluding carboxylic acids is 1. The lowest BCUT2D eigenvalue weighted by Gasteiger charge is -2.37. The zero-order valence-electron chi connectivity index (χ0n) is 9.46. The molecule has 0 saturated carbocycles. The molecule has 86 valence electrons. The summed E-state index contributed by atoms with van der Waals surface area (Å²) in [5.74, 6) is 0.579. The third-order valence-corrected chi connectivity index (χ3v) is 3.43. The van der Waals surface area contributed by atoms with Gasteiger partial charge in [-0.25, -0.2) is 0 Å². The summed E-state index contributed by atoms with van der Waals surface area (Å²) in [6.45, 7) is 6.81. The minimum absolute atomic E-state index is 0.222. The van der Waals surface area contributed by atoms with E-state index in [0.717, 1.165) is 45.6 Å². The highest BCUT2D eigenvalue weighted by Crippen LogP contribution is 2.15. The summed E-state index contributed by atoms with van der Waals surface area (Å²) >= 11 is 0. The first-order chi connectivity index (χ1) is 7.29. The van der Waals surface area contributed by atoms with E-state index in [1.807, 2.05) is 4.90 Å². The van der Waals surface area contributed by atoms with E-state index in [-0.39, 0.29) is 5.92 Å². The van der Waals surface area contributed by atoms with Crippen molar-refractivity contribution in [2.75, 3.05) is 32.7 Å². The fraction of sp³-hybridized carbons (Fsp3) is 0.909. The van der Waals surface area contributed by atoms with E-state index >= 15 is 0 Å². The molecule has 2 heterocycles. The van der Waals surface area contributed by atoms with E-state index in [0.29, 0.717) is 11.9 Å². The van der Waals surface area contributed by atoms with Crippen LogP contribution in [0.3, 0.4) is 0 Å². The standard InChI is InChI=1S/C11H21N3O/c1-9-7-13-5-6-14(9)11(15)10-3-2-4-12-8-10/h9-10,12-13H,2-8H2,1H3/t9-,10+/m0/s1. The van der Waals surface area contributed by atoms with Crippen molar-refractivity contribution in [1.29, 1.82) is 0 Å². The average molecular weight is 211 g/mol. The van der Waals surface area contributed by atoms with Crippen LogP contribution in [0, 0.1) is 5.92 Å². The number of hydrogen-bond acceptors (Lipinski definition) is 3. The van der Waals surface area contributed by atoms with Gasteiger partial charge in [-0.1, -0.05) is 0 Å². The number of nitrogens with one attached hydrogen (secondary N) is 2. The minimum Gasteiger partial charge on any atom is -0.337 e. The van der Waals surface area contributed by atoms with Crippen LogP contribution in [-0.2, 0) is 4.79 Å². The molecule has 0 unspecified atom stereocenters. The molecular formula is C11H21N3O. The molecule has 1 amide bonds. The van der Waals surface area contributed by atoms with Crippen molar-refractivity contribution in [3.63, 3.8) is 0 Å². The van der Waals surface area contributed by atoms with Crippen LogP contribution in [0.2, 0.25) is 0 Å². The first-order valence-electron chi connectivity index (χ1n) is 6.01. The van der Waals surface area contributed by atoms with Gasteiger partial charge >= 0.3 is 0 Å². The second-order valence-electron chi connectivity index (χ2n) is 4.63. The third kappa shape index (κ3) is 2.49. The van der Waals surface area contributed by atoms with E-state index in [1.165, 1.54) is 0 Å². The van der Waals surface area contributed by atoms with E-state index in [2.05, 4.69) is 17.6 Å². The molecule has 0 aromatic heterocycles. The Morgan fingerprint density at radius 2 is 2.07 bits per heavy atom. The zero-order chi connectivity index (χ0) is 10.7. The lowest BCUT2D eigenvalue weighted by molar-refractivity contribution is -0.138. The van der Waals surface area contributed by atoms with Crippen LogP contribution in [0.15, 0.2) is 0 Å².